The predicted octanol–water partition coefficient (Wildman–Crippen LogP) is 0.924. The Balaban J connectivity index is 3.45. The standard InChI is InChI=1S/C8H17NO2/c1-4-8(2,3)6-11-5-7(9)10/h4-6H2,1-3H3,(H2,9,10). The highest BCUT2D eigenvalue weighted by atomic mass is 16.5. The molecule has 0 heterocycles. The molecule has 0 saturated carbocycles. The number of hydrogen-bond donors (Lipinski definition) is 1. The van der Waals surface area contributed by atoms with Crippen LogP contribution in [0.1, 0.15) is 27.2 Å². The van der Waals surface area contributed by atoms with E-state index in [2.05, 4.69) is 20.8 Å². The molecule has 0 atom stereocenters. The van der Waals surface area contributed by atoms with Crippen molar-refractivity contribution in [3.05, 3.63) is 0 Å². The molecule has 1 amide bonds. The van der Waals surface area contributed by atoms with Gasteiger partial charge in [-0.1, -0.05) is 20.8 Å². The predicted molar refractivity (Wildman–Crippen MR) is 44.1 cm³/mol. The van der Waals surface area contributed by atoms with Gasteiger partial charge in [0.1, 0.15) is 6.61 Å². The van der Waals surface area contributed by atoms with E-state index in [0.717, 1.165) is 6.42 Å². The summed E-state index contributed by atoms with van der Waals surface area (Å²) in [5.74, 6) is -0.406. The van der Waals surface area contributed by atoms with E-state index in [1.807, 2.05) is 0 Å². The smallest absolute Gasteiger partial charge is 0.243 e. The van der Waals surface area contributed by atoms with Gasteiger partial charge in [-0.3, -0.25) is 4.79 Å². The van der Waals surface area contributed by atoms with Crippen molar-refractivity contribution in [1.29, 1.82) is 0 Å². The molecule has 0 saturated heterocycles. The van der Waals surface area contributed by atoms with Gasteiger partial charge in [-0.05, 0) is 11.8 Å². The minimum Gasteiger partial charge on any atom is -0.371 e. The minimum absolute atomic E-state index is 0.0312. The zero-order chi connectivity index (χ0) is 8.91. The van der Waals surface area contributed by atoms with Crippen LogP contribution >= 0.6 is 0 Å². The quantitative estimate of drug-likeness (QED) is 0.648. The molecule has 3 nitrogen and oxygen atoms in total. The Kier molecular flexibility index (Phi) is 4.11. The number of nitrogens with two attached hydrogens (primary N) is 1. The van der Waals surface area contributed by atoms with Crippen LogP contribution in [-0.2, 0) is 9.53 Å². The maximum atomic E-state index is 10.3. The van der Waals surface area contributed by atoms with Crippen molar-refractivity contribution in [1.82, 2.24) is 0 Å². The summed E-state index contributed by atoms with van der Waals surface area (Å²) in [6.45, 7) is 6.89. The Bertz CT molecular complexity index is 132. The van der Waals surface area contributed by atoms with Crippen LogP contribution in [-0.4, -0.2) is 19.1 Å². The lowest BCUT2D eigenvalue weighted by Gasteiger charge is -2.21. The molecule has 2 N–H and O–H groups in total. The third-order valence-corrected chi connectivity index (χ3v) is 1.69. The van der Waals surface area contributed by atoms with E-state index in [1.165, 1.54) is 0 Å². The number of carbonyl (C=O) groups excluding carboxylic acids is 1. The molecule has 3 heteroatoms. The summed E-state index contributed by atoms with van der Waals surface area (Å²) in [5.41, 5.74) is 5.05. The average molecular weight is 159 g/mol. The highest BCUT2D eigenvalue weighted by Gasteiger charge is 2.14. The molecule has 0 unspecified atom stereocenters. The van der Waals surface area contributed by atoms with Crippen LogP contribution in [0.15, 0.2) is 0 Å². The Morgan fingerprint density at radius 3 is 2.45 bits per heavy atom. The van der Waals surface area contributed by atoms with Gasteiger partial charge in [-0.25, -0.2) is 0 Å². The highest BCUT2D eigenvalue weighted by molar-refractivity contribution is 5.74. The number of hydrogen-bond acceptors (Lipinski definition) is 2. The summed E-state index contributed by atoms with van der Waals surface area (Å²) in [7, 11) is 0. The molecule has 0 spiro atoms. The van der Waals surface area contributed by atoms with Crippen LogP contribution in [0.3, 0.4) is 0 Å². The monoisotopic (exact) mass is 159 g/mol. The molecule has 0 aliphatic carbocycles. The number of ether oxygens (including phenoxy) is 1. The van der Waals surface area contributed by atoms with Crippen molar-refractivity contribution in [2.45, 2.75) is 27.2 Å². The molecule has 0 aromatic carbocycles. The molecule has 0 aromatic rings. The van der Waals surface area contributed by atoms with Crippen molar-refractivity contribution >= 4 is 5.91 Å². The van der Waals surface area contributed by atoms with E-state index >= 15 is 0 Å². The van der Waals surface area contributed by atoms with Crippen LogP contribution in [0.4, 0.5) is 0 Å². The first kappa shape index (κ1) is 10.4. The van der Waals surface area contributed by atoms with Crippen molar-refractivity contribution in [3.8, 4) is 0 Å². The molecule has 0 rings (SSSR count). The van der Waals surface area contributed by atoms with Crippen molar-refractivity contribution < 1.29 is 9.53 Å². The molecule has 0 bridgehead atoms. The van der Waals surface area contributed by atoms with Crippen molar-refractivity contribution in [2.75, 3.05) is 13.2 Å². The Morgan fingerprint density at radius 1 is 1.55 bits per heavy atom. The highest BCUT2D eigenvalue weighted by Crippen LogP contribution is 2.19. The summed E-state index contributed by atoms with van der Waals surface area (Å²) in [6.07, 6.45) is 1.03. The number of carbonyl (C=O) groups is 1. The first-order valence-electron chi connectivity index (χ1n) is 3.84. The topological polar surface area (TPSA) is 52.3 Å². The largest absolute Gasteiger partial charge is 0.371 e. The third kappa shape index (κ3) is 5.85. The van der Waals surface area contributed by atoms with Gasteiger partial charge in [-0.2, -0.15) is 0 Å². The number of rotatable bonds is 5. The molecule has 66 valence electrons. The van der Waals surface area contributed by atoms with Gasteiger partial charge in [0, 0.05) is 0 Å². The van der Waals surface area contributed by atoms with E-state index in [0.29, 0.717) is 6.61 Å². The summed E-state index contributed by atoms with van der Waals surface area (Å²) in [6, 6.07) is 0. The lowest BCUT2D eigenvalue weighted by atomic mass is 9.92. The maximum absolute atomic E-state index is 10.3. The van der Waals surface area contributed by atoms with E-state index in [4.69, 9.17) is 10.5 Å². The fourth-order valence-electron chi connectivity index (χ4n) is 0.530. The second-order valence-corrected chi connectivity index (χ2v) is 3.48. The second kappa shape index (κ2) is 4.34. The lowest BCUT2D eigenvalue weighted by Crippen LogP contribution is -2.24. The van der Waals surface area contributed by atoms with Gasteiger partial charge < -0.3 is 10.5 Å². The second-order valence-electron chi connectivity index (χ2n) is 3.48. The molecular formula is C8H17NO2. The Morgan fingerprint density at radius 2 is 2.09 bits per heavy atom. The Hall–Kier alpha value is -0.570. The van der Waals surface area contributed by atoms with E-state index in [9.17, 15) is 4.79 Å². The molecule has 11 heavy (non-hydrogen) atoms. The molecule has 0 fully saturated rings. The lowest BCUT2D eigenvalue weighted by molar-refractivity contribution is -0.123. The normalized spacial score (nSPS) is 11.5. The SMILES string of the molecule is CCC(C)(C)COCC(N)=O. The number of amides is 1. The molecule has 0 aliphatic heterocycles. The van der Waals surface area contributed by atoms with E-state index in [1.54, 1.807) is 0 Å². The fraction of sp³-hybridized carbons (Fsp3) is 0.875. The Labute approximate surface area is 67.9 Å². The minimum atomic E-state index is -0.406. The van der Waals surface area contributed by atoms with Gasteiger partial charge in [-0.15, -0.1) is 0 Å². The third-order valence-electron chi connectivity index (χ3n) is 1.69. The van der Waals surface area contributed by atoms with Crippen LogP contribution in [0.5, 0.6) is 0 Å². The van der Waals surface area contributed by atoms with Gasteiger partial charge in [0.2, 0.25) is 5.91 Å². The fourth-order valence-corrected chi connectivity index (χ4v) is 0.530. The van der Waals surface area contributed by atoms with Gasteiger partial charge >= 0.3 is 0 Å². The maximum Gasteiger partial charge on any atom is 0.243 e. The molecule has 0 radical (unpaired) electrons. The van der Waals surface area contributed by atoms with Gasteiger partial charge in [0.15, 0.2) is 0 Å². The van der Waals surface area contributed by atoms with Crippen molar-refractivity contribution in [2.24, 2.45) is 11.1 Å². The van der Waals surface area contributed by atoms with Gasteiger partial charge in [0.25, 0.3) is 0 Å². The summed E-state index contributed by atoms with van der Waals surface area (Å²) in [5, 5.41) is 0. The summed E-state index contributed by atoms with van der Waals surface area (Å²) < 4.78 is 5.08. The average Bonchev–Trinajstić information content (AvgIpc) is 1.87. The first-order chi connectivity index (χ1) is 4.98. The van der Waals surface area contributed by atoms with Crippen LogP contribution in [0, 0.1) is 5.41 Å². The zero-order valence-electron chi connectivity index (χ0n) is 7.52. The van der Waals surface area contributed by atoms with E-state index in [-0.39, 0.29) is 12.0 Å². The van der Waals surface area contributed by atoms with Crippen LogP contribution in [0.2, 0.25) is 0 Å². The number of primary amides is 1. The van der Waals surface area contributed by atoms with Crippen molar-refractivity contribution in [3.63, 3.8) is 0 Å². The summed E-state index contributed by atoms with van der Waals surface area (Å²) >= 11 is 0. The van der Waals surface area contributed by atoms with Gasteiger partial charge in [0.05, 0.1) is 6.61 Å². The molecule has 0 aromatic heterocycles. The van der Waals surface area contributed by atoms with E-state index < -0.39 is 5.91 Å². The summed E-state index contributed by atoms with van der Waals surface area (Å²) in [4.78, 5) is 10.3. The first-order valence-corrected chi connectivity index (χ1v) is 3.84. The molecular weight excluding hydrogens is 142 g/mol. The zero-order valence-corrected chi connectivity index (χ0v) is 7.52. The van der Waals surface area contributed by atoms with Crippen LogP contribution < -0.4 is 5.73 Å². The van der Waals surface area contributed by atoms with Crippen LogP contribution in [0.25, 0.3) is 0 Å². The molecule has 0 aliphatic rings.